The minimum Gasteiger partial charge on any atom is -0.493 e. The van der Waals surface area contributed by atoms with E-state index in [1.54, 1.807) is 7.11 Å². The van der Waals surface area contributed by atoms with E-state index in [1.807, 2.05) is 18.2 Å². The maximum Gasteiger partial charge on any atom is 0.285 e. The highest BCUT2D eigenvalue weighted by atomic mass is 35.5. The summed E-state index contributed by atoms with van der Waals surface area (Å²) in [5, 5.41) is 9.31. The van der Waals surface area contributed by atoms with Gasteiger partial charge in [0.2, 0.25) is 0 Å². The van der Waals surface area contributed by atoms with Crippen molar-refractivity contribution in [3.8, 4) is 11.5 Å². The first-order valence-corrected chi connectivity index (χ1v) is 6.85. The fourth-order valence-electron chi connectivity index (χ4n) is 2.35. The van der Waals surface area contributed by atoms with Crippen molar-refractivity contribution >= 4 is 17.3 Å². The van der Waals surface area contributed by atoms with Crippen LogP contribution in [0.4, 0.5) is 5.69 Å². The molecule has 0 fully saturated rings. The molecular weight excluding hydrogens is 294 g/mol. The van der Waals surface area contributed by atoms with E-state index in [4.69, 9.17) is 21.1 Å². The average molecular weight is 308 g/mol. The van der Waals surface area contributed by atoms with Gasteiger partial charge in [-0.05, 0) is 12.5 Å². The van der Waals surface area contributed by atoms with Gasteiger partial charge in [-0.3, -0.25) is 4.79 Å². The molecule has 21 heavy (non-hydrogen) atoms. The molecule has 1 aliphatic rings. The zero-order chi connectivity index (χ0) is 14.8. The lowest BCUT2D eigenvalue weighted by Crippen LogP contribution is -2.33. The number of nitrogens with zero attached hydrogens (tertiary/aromatic N) is 1. The van der Waals surface area contributed by atoms with E-state index in [-0.39, 0.29) is 11.1 Å². The summed E-state index contributed by atoms with van der Waals surface area (Å²) in [4.78, 5) is 11.4. The second-order valence-electron chi connectivity index (χ2n) is 4.73. The molecule has 2 aromatic rings. The van der Waals surface area contributed by atoms with Crippen LogP contribution < -0.4 is 20.3 Å². The van der Waals surface area contributed by atoms with Crippen LogP contribution in [-0.4, -0.2) is 30.0 Å². The third-order valence-electron chi connectivity index (χ3n) is 3.33. The largest absolute Gasteiger partial charge is 0.493 e. The number of halogens is 1. The van der Waals surface area contributed by atoms with Gasteiger partial charge in [-0.25, -0.2) is 5.10 Å². The summed E-state index contributed by atoms with van der Waals surface area (Å²) >= 11 is 5.95. The Balaban J connectivity index is 1.81. The molecular formula is C14H14ClN3O3. The zero-order valence-corrected chi connectivity index (χ0v) is 12.1. The fourth-order valence-corrected chi connectivity index (χ4v) is 2.50. The third kappa shape index (κ3) is 2.67. The normalized spacial score (nSPS) is 16.8. The molecule has 7 heteroatoms. The molecule has 0 saturated carbocycles. The Hall–Kier alpha value is -2.21. The summed E-state index contributed by atoms with van der Waals surface area (Å²) in [6, 6.07) is 5.78. The van der Waals surface area contributed by atoms with E-state index < -0.39 is 5.56 Å². The summed E-state index contributed by atoms with van der Waals surface area (Å²) in [6.45, 7) is 0.455. The van der Waals surface area contributed by atoms with Crippen molar-refractivity contribution in [3.63, 3.8) is 0 Å². The Morgan fingerprint density at radius 2 is 2.38 bits per heavy atom. The predicted octanol–water partition coefficient (Wildman–Crippen LogP) is 1.85. The number of para-hydroxylation sites is 1. The highest BCUT2D eigenvalue weighted by Gasteiger charge is 2.23. The van der Waals surface area contributed by atoms with E-state index in [0.29, 0.717) is 12.3 Å². The molecule has 0 bridgehead atoms. The number of hydrogen-bond donors (Lipinski definition) is 2. The summed E-state index contributed by atoms with van der Waals surface area (Å²) in [6.07, 6.45) is 2.24. The molecule has 1 aromatic heterocycles. The maximum absolute atomic E-state index is 11.4. The van der Waals surface area contributed by atoms with Crippen LogP contribution in [0.25, 0.3) is 0 Å². The van der Waals surface area contributed by atoms with Crippen LogP contribution in [-0.2, 0) is 6.42 Å². The van der Waals surface area contributed by atoms with Gasteiger partial charge in [0.25, 0.3) is 5.56 Å². The van der Waals surface area contributed by atoms with Gasteiger partial charge in [-0.2, -0.15) is 5.10 Å². The second kappa shape index (κ2) is 5.65. The van der Waals surface area contributed by atoms with Crippen molar-refractivity contribution < 1.29 is 9.47 Å². The van der Waals surface area contributed by atoms with Crippen molar-refractivity contribution in [2.75, 3.05) is 19.0 Å². The van der Waals surface area contributed by atoms with Crippen molar-refractivity contribution in [1.82, 2.24) is 10.2 Å². The number of benzene rings is 1. The van der Waals surface area contributed by atoms with Crippen molar-refractivity contribution in [3.05, 3.63) is 45.3 Å². The Kier molecular flexibility index (Phi) is 3.70. The minimum atomic E-state index is -0.416. The molecule has 1 unspecified atom stereocenters. The lowest BCUT2D eigenvalue weighted by molar-refractivity contribution is 0.256. The standard InChI is InChI=1S/C14H14ClN3O3/c1-20-11-4-2-3-8-5-9(7-21-13(8)11)17-10-6-16-18-14(19)12(10)15/h2-4,6,9H,5,7H2,1H3,(H2,17,18,19). The number of fused-ring (bicyclic) bond motifs is 1. The molecule has 6 nitrogen and oxygen atoms in total. The summed E-state index contributed by atoms with van der Waals surface area (Å²) in [7, 11) is 1.62. The number of rotatable bonds is 3. The predicted molar refractivity (Wildman–Crippen MR) is 79.5 cm³/mol. The molecule has 2 heterocycles. The third-order valence-corrected chi connectivity index (χ3v) is 3.71. The van der Waals surface area contributed by atoms with Gasteiger partial charge in [0.1, 0.15) is 11.6 Å². The van der Waals surface area contributed by atoms with E-state index >= 15 is 0 Å². The van der Waals surface area contributed by atoms with Gasteiger partial charge in [-0.1, -0.05) is 23.7 Å². The second-order valence-corrected chi connectivity index (χ2v) is 5.11. The Morgan fingerprint density at radius 1 is 1.52 bits per heavy atom. The topological polar surface area (TPSA) is 76.2 Å². The lowest BCUT2D eigenvalue weighted by Gasteiger charge is -2.27. The smallest absolute Gasteiger partial charge is 0.285 e. The van der Waals surface area contributed by atoms with Crippen LogP contribution in [0.2, 0.25) is 5.02 Å². The molecule has 0 saturated heterocycles. The van der Waals surface area contributed by atoms with Crippen LogP contribution >= 0.6 is 11.6 Å². The monoisotopic (exact) mass is 307 g/mol. The average Bonchev–Trinajstić information content (AvgIpc) is 2.51. The first-order valence-electron chi connectivity index (χ1n) is 6.47. The summed E-state index contributed by atoms with van der Waals surface area (Å²) in [5.41, 5.74) is 1.13. The number of methoxy groups -OCH3 is 1. The first-order chi connectivity index (χ1) is 10.2. The number of ether oxygens (including phenoxy) is 2. The van der Waals surface area contributed by atoms with Gasteiger partial charge in [0.05, 0.1) is 25.0 Å². The van der Waals surface area contributed by atoms with E-state index in [9.17, 15) is 4.79 Å². The fraction of sp³-hybridized carbons (Fsp3) is 0.286. The van der Waals surface area contributed by atoms with Crippen molar-refractivity contribution in [1.29, 1.82) is 0 Å². The summed E-state index contributed by atoms with van der Waals surface area (Å²) in [5.74, 6) is 1.50. The molecule has 110 valence electrons. The van der Waals surface area contributed by atoms with Gasteiger partial charge >= 0.3 is 0 Å². The number of hydrogen-bond acceptors (Lipinski definition) is 5. The van der Waals surface area contributed by atoms with Crippen molar-refractivity contribution in [2.45, 2.75) is 12.5 Å². The highest BCUT2D eigenvalue weighted by Crippen LogP contribution is 2.35. The molecule has 2 N–H and O–H groups in total. The number of nitrogens with one attached hydrogen (secondary N) is 2. The van der Waals surface area contributed by atoms with Crippen LogP contribution in [0, 0.1) is 0 Å². The van der Waals surface area contributed by atoms with Crippen LogP contribution in [0.15, 0.2) is 29.2 Å². The molecule has 1 aromatic carbocycles. The van der Waals surface area contributed by atoms with Crippen LogP contribution in [0.3, 0.4) is 0 Å². The Morgan fingerprint density at radius 3 is 3.19 bits per heavy atom. The van der Waals surface area contributed by atoms with Crippen LogP contribution in [0.5, 0.6) is 11.5 Å². The van der Waals surface area contributed by atoms with Crippen molar-refractivity contribution in [2.24, 2.45) is 0 Å². The molecule has 3 rings (SSSR count). The molecule has 1 aliphatic heterocycles. The molecule has 0 spiro atoms. The molecule has 1 atom stereocenters. The number of anilines is 1. The number of H-pyrrole nitrogens is 1. The van der Waals surface area contributed by atoms with E-state index in [2.05, 4.69) is 15.5 Å². The Labute approximate surface area is 126 Å². The lowest BCUT2D eigenvalue weighted by atomic mass is 10.0. The van der Waals surface area contributed by atoms with E-state index in [1.165, 1.54) is 6.20 Å². The quantitative estimate of drug-likeness (QED) is 0.905. The maximum atomic E-state index is 11.4. The molecule has 0 amide bonds. The van der Waals surface area contributed by atoms with Gasteiger partial charge in [0, 0.05) is 5.56 Å². The first kappa shape index (κ1) is 13.8. The van der Waals surface area contributed by atoms with Crippen LogP contribution in [0.1, 0.15) is 5.56 Å². The number of aromatic nitrogens is 2. The molecule has 0 aliphatic carbocycles. The van der Waals surface area contributed by atoms with Gasteiger partial charge in [0.15, 0.2) is 11.5 Å². The van der Waals surface area contributed by atoms with Gasteiger partial charge < -0.3 is 14.8 Å². The zero-order valence-electron chi connectivity index (χ0n) is 11.4. The minimum absolute atomic E-state index is 0.00528. The number of aromatic amines is 1. The SMILES string of the molecule is COc1cccc2c1OCC(Nc1cn[nH]c(=O)c1Cl)C2. The highest BCUT2D eigenvalue weighted by molar-refractivity contribution is 6.32. The molecule has 0 radical (unpaired) electrons. The Bertz CT molecular complexity index is 717. The summed E-state index contributed by atoms with van der Waals surface area (Å²) < 4.78 is 11.0. The van der Waals surface area contributed by atoms with Gasteiger partial charge in [-0.15, -0.1) is 0 Å². The van der Waals surface area contributed by atoms with E-state index in [0.717, 1.165) is 23.5 Å².